The van der Waals surface area contributed by atoms with E-state index in [0.717, 1.165) is 22.4 Å². The second-order valence-electron chi connectivity index (χ2n) is 3.90. The number of thioether (sulfide) groups is 1. The highest BCUT2D eigenvalue weighted by atomic mass is 32.2. The summed E-state index contributed by atoms with van der Waals surface area (Å²) in [5.74, 6) is 0. The molecule has 0 bridgehead atoms. The van der Waals surface area contributed by atoms with Crippen LogP contribution in [0, 0.1) is 11.3 Å². The van der Waals surface area contributed by atoms with E-state index in [2.05, 4.69) is 26.0 Å². The zero-order chi connectivity index (χ0) is 13.2. The Bertz CT molecular complexity index is 770. The third-order valence-electron chi connectivity index (χ3n) is 2.78. The highest BCUT2D eigenvalue weighted by Crippen LogP contribution is 2.25. The van der Waals surface area contributed by atoms with E-state index < -0.39 is 0 Å². The van der Waals surface area contributed by atoms with Crippen molar-refractivity contribution in [1.29, 1.82) is 5.26 Å². The number of aromatic nitrogens is 4. The van der Waals surface area contributed by atoms with Crippen LogP contribution >= 0.6 is 11.8 Å². The van der Waals surface area contributed by atoms with Crippen LogP contribution in [0.2, 0.25) is 0 Å². The second-order valence-corrected chi connectivity index (χ2v) is 4.68. The Morgan fingerprint density at radius 2 is 2.05 bits per heavy atom. The number of nitriles is 1. The summed E-state index contributed by atoms with van der Waals surface area (Å²) in [4.78, 5) is 15.1. The molecule has 0 atom stereocenters. The predicted molar refractivity (Wildman–Crippen MR) is 72.4 cm³/mol. The second kappa shape index (κ2) is 4.71. The fraction of sp³-hybridized carbons (Fsp3) is 0.0769. The molecule has 0 unspecified atom stereocenters. The predicted octanol–water partition coefficient (Wildman–Crippen LogP) is 2.03. The van der Waals surface area contributed by atoms with Crippen LogP contribution in [0.4, 0.5) is 0 Å². The van der Waals surface area contributed by atoms with Crippen molar-refractivity contribution in [2.24, 2.45) is 0 Å². The summed E-state index contributed by atoms with van der Waals surface area (Å²) in [5.41, 5.74) is 4.07. The average Bonchev–Trinajstić information content (AvgIpc) is 2.94. The first kappa shape index (κ1) is 11.7. The van der Waals surface area contributed by atoms with Crippen LogP contribution in [0.15, 0.2) is 35.7 Å². The van der Waals surface area contributed by atoms with Gasteiger partial charge in [-0.3, -0.25) is 4.98 Å². The first-order valence-corrected chi connectivity index (χ1v) is 6.85. The molecule has 0 saturated carbocycles. The summed E-state index contributed by atoms with van der Waals surface area (Å²) < 4.78 is 0. The van der Waals surface area contributed by atoms with Crippen molar-refractivity contribution >= 4 is 22.9 Å². The zero-order valence-corrected chi connectivity index (χ0v) is 11.0. The van der Waals surface area contributed by atoms with Crippen LogP contribution in [0.5, 0.6) is 0 Å². The van der Waals surface area contributed by atoms with Crippen LogP contribution in [-0.2, 0) is 0 Å². The van der Waals surface area contributed by atoms with Crippen molar-refractivity contribution < 1.29 is 4.98 Å². The smallest absolute Gasteiger partial charge is 0.272 e. The molecule has 1 aromatic carbocycles. The lowest BCUT2D eigenvalue weighted by Gasteiger charge is -2.00. The van der Waals surface area contributed by atoms with Crippen LogP contribution in [-0.4, -0.2) is 21.2 Å². The van der Waals surface area contributed by atoms with E-state index in [1.165, 1.54) is 11.8 Å². The Morgan fingerprint density at radius 1 is 1.26 bits per heavy atom. The average molecular weight is 268 g/mol. The Kier molecular flexibility index (Phi) is 2.89. The van der Waals surface area contributed by atoms with Crippen LogP contribution in [0.3, 0.4) is 0 Å². The number of hydrogen-bond acceptors (Lipinski definition) is 4. The number of nitrogens with zero attached hydrogens (tertiary/aromatic N) is 3. The minimum atomic E-state index is 0.636. The lowest BCUT2D eigenvalue weighted by atomic mass is 10.1. The van der Waals surface area contributed by atoms with Crippen molar-refractivity contribution in [3.63, 3.8) is 0 Å². The lowest BCUT2D eigenvalue weighted by molar-refractivity contribution is -0.347. The number of nitrogens with one attached hydrogen (secondary N) is 2. The fourth-order valence-electron chi connectivity index (χ4n) is 1.86. The van der Waals surface area contributed by atoms with Gasteiger partial charge in [0.2, 0.25) is 0 Å². The first-order valence-electron chi connectivity index (χ1n) is 5.63. The molecule has 0 aliphatic carbocycles. The Balaban J connectivity index is 2.22. The third kappa shape index (κ3) is 2.04. The number of H-pyrrole nitrogens is 2. The minimum Gasteiger partial charge on any atom is -0.272 e. The molecule has 19 heavy (non-hydrogen) atoms. The molecule has 0 spiro atoms. The fourth-order valence-corrected chi connectivity index (χ4v) is 2.23. The summed E-state index contributed by atoms with van der Waals surface area (Å²) in [7, 11) is 0. The summed E-state index contributed by atoms with van der Waals surface area (Å²) >= 11 is 1.50. The molecular formula is C13H10N5S+. The summed E-state index contributed by atoms with van der Waals surface area (Å²) in [5, 5.41) is 9.54. The van der Waals surface area contributed by atoms with E-state index in [-0.39, 0.29) is 0 Å². The molecule has 2 N–H and O–H groups in total. The highest BCUT2D eigenvalue weighted by molar-refractivity contribution is 7.98. The van der Waals surface area contributed by atoms with E-state index in [9.17, 15) is 0 Å². The summed E-state index contributed by atoms with van der Waals surface area (Å²) in [6, 6.07) is 9.47. The van der Waals surface area contributed by atoms with Crippen molar-refractivity contribution in [3.8, 4) is 17.3 Å². The molecule has 3 aromatic rings. The quantitative estimate of drug-likeness (QED) is 0.569. The normalized spacial score (nSPS) is 10.5. The van der Waals surface area contributed by atoms with Crippen molar-refractivity contribution in [3.05, 3.63) is 36.2 Å². The van der Waals surface area contributed by atoms with Gasteiger partial charge >= 0.3 is 5.65 Å². The van der Waals surface area contributed by atoms with Gasteiger partial charge in [-0.2, -0.15) is 5.26 Å². The molecule has 0 aliphatic heterocycles. The van der Waals surface area contributed by atoms with Gasteiger partial charge in [0.05, 0.1) is 11.6 Å². The van der Waals surface area contributed by atoms with E-state index in [4.69, 9.17) is 5.26 Å². The van der Waals surface area contributed by atoms with Crippen molar-refractivity contribution in [2.45, 2.75) is 5.16 Å². The van der Waals surface area contributed by atoms with Crippen LogP contribution in [0.1, 0.15) is 5.56 Å². The molecule has 0 saturated heterocycles. The molecule has 0 amide bonds. The van der Waals surface area contributed by atoms with Gasteiger partial charge < -0.3 is 0 Å². The third-order valence-corrected chi connectivity index (χ3v) is 3.33. The molecule has 5 nitrogen and oxygen atoms in total. The van der Waals surface area contributed by atoms with Gasteiger partial charge in [0.25, 0.3) is 5.16 Å². The van der Waals surface area contributed by atoms with Gasteiger partial charge in [-0.25, -0.2) is 9.97 Å². The highest BCUT2D eigenvalue weighted by Gasteiger charge is 2.16. The molecule has 0 fully saturated rings. The summed E-state index contributed by atoms with van der Waals surface area (Å²) in [6.45, 7) is 0. The Labute approximate surface area is 113 Å². The molecule has 0 radical (unpaired) electrons. The van der Waals surface area contributed by atoms with Gasteiger partial charge in [0.1, 0.15) is 5.69 Å². The Hall–Kier alpha value is -2.39. The van der Waals surface area contributed by atoms with Gasteiger partial charge in [-0.15, -0.1) is 0 Å². The monoisotopic (exact) mass is 268 g/mol. The molecular weight excluding hydrogens is 258 g/mol. The van der Waals surface area contributed by atoms with Crippen LogP contribution < -0.4 is 4.98 Å². The molecule has 6 heteroatoms. The van der Waals surface area contributed by atoms with E-state index >= 15 is 0 Å². The van der Waals surface area contributed by atoms with Gasteiger partial charge in [0.15, 0.2) is 11.8 Å². The van der Waals surface area contributed by atoms with Gasteiger partial charge in [0, 0.05) is 5.56 Å². The zero-order valence-electron chi connectivity index (χ0n) is 10.1. The maximum atomic E-state index is 8.83. The number of benzene rings is 1. The first-order chi connectivity index (χ1) is 9.31. The van der Waals surface area contributed by atoms with E-state index in [1.807, 2.05) is 18.4 Å². The number of aromatic amines is 2. The number of rotatable bonds is 2. The minimum absolute atomic E-state index is 0.636. The maximum absolute atomic E-state index is 8.83. The number of fused-ring (bicyclic) bond motifs is 1. The standard InChI is InChI=1S/C13H9N5S/c1-19-13-17-10(11-12(18-13)16-7-15-11)9-4-2-8(6-14)3-5-9/h2-5,7H,1H3,(H,15,16,17,18)/p+1. The molecule has 0 aliphatic rings. The van der Waals surface area contributed by atoms with Crippen molar-refractivity contribution in [2.75, 3.05) is 6.26 Å². The topological polar surface area (TPSA) is 79.5 Å². The Morgan fingerprint density at radius 3 is 2.74 bits per heavy atom. The van der Waals surface area contributed by atoms with E-state index in [0.29, 0.717) is 10.7 Å². The van der Waals surface area contributed by atoms with Crippen molar-refractivity contribution in [1.82, 2.24) is 15.0 Å². The molecule has 2 aromatic heterocycles. The van der Waals surface area contributed by atoms with E-state index in [1.54, 1.807) is 18.5 Å². The molecule has 2 heterocycles. The largest absolute Gasteiger partial charge is 0.304 e. The molecule has 3 rings (SSSR count). The summed E-state index contributed by atoms with van der Waals surface area (Å²) in [6.07, 6.45) is 3.67. The number of hydrogen-bond donors (Lipinski definition) is 1. The SMILES string of the molecule is CSc1nc(-c2ccc(C#N)cc2)c2[nH]c[nH+]c2n1. The molecule has 92 valence electrons. The lowest BCUT2D eigenvalue weighted by Crippen LogP contribution is -2.00. The van der Waals surface area contributed by atoms with Gasteiger partial charge in [-0.1, -0.05) is 28.9 Å². The number of imidazole rings is 1. The van der Waals surface area contributed by atoms with Crippen LogP contribution in [0.25, 0.3) is 22.4 Å². The van der Waals surface area contributed by atoms with Gasteiger partial charge in [-0.05, 0) is 18.4 Å². The maximum Gasteiger partial charge on any atom is 0.304 e.